The van der Waals surface area contributed by atoms with Crippen molar-refractivity contribution in [3.05, 3.63) is 41.2 Å². The Bertz CT molecular complexity index is 625. The Hall–Kier alpha value is -1.92. The zero-order chi connectivity index (χ0) is 15.4. The van der Waals surface area contributed by atoms with Gasteiger partial charge in [0.05, 0.1) is 16.9 Å². The van der Waals surface area contributed by atoms with Crippen LogP contribution < -0.4 is 5.32 Å². The van der Waals surface area contributed by atoms with Gasteiger partial charge in [-0.25, -0.2) is 4.68 Å². The molecule has 0 fully saturated rings. The SMILES string of the molecule is CC(CNC(=O)c1cn(-c2ccccc2Cl)nn1)N(C)C. The number of likely N-dealkylation sites (N-methyl/N-ethyl adjacent to an activating group) is 1. The highest BCUT2D eigenvalue weighted by Crippen LogP contribution is 2.18. The van der Waals surface area contributed by atoms with Gasteiger partial charge in [-0.3, -0.25) is 4.79 Å². The van der Waals surface area contributed by atoms with Gasteiger partial charge in [0.25, 0.3) is 5.91 Å². The third-order valence-electron chi connectivity index (χ3n) is 3.26. The molecule has 0 bridgehead atoms. The third kappa shape index (κ3) is 3.80. The maximum absolute atomic E-state index is 12.0. The minimum Gasteiger partial charge on any atom is -0.349 e. The molecular weight excluding hydrogens is 290 g/mol. The number of benzene rings is 1. The Balaban J connectivity index is 2.06. The summed E-state index contributed by atoms with van der Waals surface area (Å²) >= 11 is 6.09. The molecule has 21 heavy (non-hydrogen) atoms. The lowest BCUT2D eigenvalue weighted by atomic mass is 10.3. The van der Waals surface area contributed by atoms with Crippen LogP contribution in [-0.2, 0) is 0 Å². The van der Waals surface area contributed by atoms with Crippen LogP contribution in [0.3, 0.4) is 0 Å². The first-order valence-corrected chi connectivity index (χ1v) is 6.98. The maximum atomic E-state index is 12.0. The molecular formula is C14H18ClN5O. The molecule has 2 aromatic rings. The van der Waals surface area contributed by atoms with Crippen molar-refractivity contribution in [2.24, 2.45) is 0 Å². The molecule has 0 radical (unpaired) electrons. The summed E-state index contributed by atoms with van der Waals surface area (Å²) in [6, 6.07) is 7.50. The van der Waals surface area contributed by atoms with Gasteiger partial charge in [0.2, 0.25) is 0 Å². The molecule has 0 aliphatic carbocycles. The predicted molar refractivity (Wildman–Crippen MR) is 81.9 cm³/mol. The fourth-order valence-electron chi connectivity index (χ4n) is 1.64. The number of hydrogen-bond donors (Lipinski definition) is 1. The van der Waals surface area contributed by atoms with E-state index in [-0.39, 0.29) is 17.6 Å². The number of hydrogen-bond acceptors (Lipinski definition) is 4. The second kappa shape index (κ2) is 6.69. The van der Waals surface area contributed by atoms with Crippen molar-refractivity contribution < 1.29 is 4.79 Å². The van der Waals surface area contributed by atoms with Crippen LogP contribution in [0.5, 0.6) is 0 Å². The second-order valence-corrected chi connectivity index (χ2v) is 5.43. The molecule has 0 saturated carbocycles. The van der Waals surface area contributed by atoms with Crippen molar-refractivity contribution >= 4 is 17.5 Å². The second-order valence-electron chi connectivity index (χ2n) is 5.02. The van der Waals surface area contributed by atoms with E-state index in [0.29, 0.717) is 17.3 Å². The quantitative estimate of drug-likeness (QED) is 0.911. The first kappa shape index (κ1) is 15.5. The monoisotopic (exact) mass is 307 g/mol. The number of carbonyl (C=O) groups is 1. The van der Waals surface area contributed by atoms with Crippen molar-refractivity contribution in [3.8, 4) is 5.69 Å². The van der Waals surface area contributed by atoms with Gasteiger partial charge >= 0.3 is 0 Å². The fraction of sp³-hybridized carbons (Fsp3) is 0.357. The topological polar surface area (TPSA) is 63.1 Å². The summed E-state index contributed by atoms with van der Waals surface area (Å²) < 4.78 is 1.49. The number of nitrogens with one attached hydrogen (secondary N) is 1. The lowest BCUT2D eigenvalue weighted by Gasteiger charge is -2.19. The van der Waals surface area contributed by atoms with Crippen LogP contribution >= 0.6 is 11.6 Å². The average Bonchev–Trinajstić information content (AvgIpc) is 2.94. The Labute approximate surface area is 128 Å². The van der Waals surface area contributed by atoms with E-state index in [1.807, 2.05) is 44.1 Å². The molecule has 1 aromatic carbocycles. The molecule has 0 aliphatic rings. The zero-order valence-corrected chi connectivity index (χ0v) is 13.0. The van der Waals surface area contributed by atoms with Gasteiger partial charge < -0.3 is 10.2 Å². The van der Waals surface area contributed by atoms with Crippen LogP contribution in [0.15, 0.2) is 30.5 Å². The number of carbonyl (C=O) groups excluding carboxylic acids is 1. The van der Waals surface area contributed by atoms with E-state index in [0.717, 1.165) is 0 Å². The van der Waals surface area contributed by atoms with Gasteiger partial charge in [-0.2, -0.15) is 0 Å². The van der Waals surface area contributed by atoms with Crippen molar-refractivity contribution in [2.45, 2.75) is 13.0 Å². The molecule has 7 heteroatoms. The highest BCUT2D eigenvalue weighted by Gasteiger charge is 2.14. The van der Waals surface area contributed by atoms with E-state index in [9.17, 15) is 4.79 Å². The third-order valence-corrected chi connectivity index (χ3v) is 3.58. The fourth-order valence-corrected chi connectivity index (χ4v) is 1.86. The zero-order valence-electron chi connectivity index (χ0n) is 12.2. The van der Waals surface area contributed by atoms with Gasteiger partial charge in [-0.1, -0.05) is 28.9 Å². The Kier molecular flexibility index (Phi) is 4.93. The summed E-state index contributed by atoms with van der Waals surface area (Å²) in [5, 5.41) is 11.2. The molecule has 0 spiro atoms. The smallest absolute Gasteiger partial charge is 0.273 e. The molecule has 2 rings (SSSR count). The van der Waals surface area contributed by atoms with E-state index < -0.39 is 0 Å². The largest absolute Gasteiger partial charge is 0.349 e. The first-order chi connectivity index (χ1) is 9.99. The highest BCUT2D eigenvalue weighted by atomic mass is 35.5. The number of amides is 1. The van der Waals surface area contributed by atoms with Crippen LogP contribution in [0.2, 0.25) is 5.02 Å². The summed E-state index contributed by atoms with van der Waals surface area (Å²) in [5.41, 5.74) is 0.952. The average molecular weight is 308 g/mol. The van der Waals surface area contributed by atoms with Crippen molar-refractivity contribution in [1.82, 2.24) is 25.2 Å². The Morgan fingerprint density at radius 2 is 2.14 bits per heavy atom. The number of rotatable bonds is 5. The van der Waals surface area contributed by atoms with Crippen LogP contribution in [0, 0.1) is 0 Å². The summed E-state index contributed by atoms with van der Waals surface area (Å²) in [5.74, 6) is -0.248. The number of para-hydroxylation sites is 1. The molecule has 1 heterocycles. The molecule has 0 aliphatic heterocycles. The summed E-state index contributed by atoms with van der Waals surface area (Å²) in [4.78, 5) is 14.1. The van der Waals surface area contributed by atoms with Gasteiger partial charge in [0.1, 0.15) is 0 Å². The van der Waals surface area contributed by atoms with E-state index in [1.54, 1.807) is 12.3 Å². The van der Waals surface area contributed by atoms with Gasteiger partial charge in [-0.05, 0) is 33.2 Å². The normalized spacial score (nSPS) is 12.4. The molecule has 1 atom stereocenters. The van der Waals surface area contributed by atoms with Gasteiger partial charge in [0.15, 0.2) is 5.69 Å². The molecule has 1 N–H and O–H groups in total. The van der Waals surface area contributed by atoms with E-state index >= 15 is 0 Å². The molecule has 112 valence electrons. The molecule has 1 unspecified atom stereocenters. The molecule has 6 nitrogen and oxygen atoms in total. The summed E-state index contributed by atoms with van der Waals surface area (Å²) in [7, 11) is 3.93. The summed E-state index contributed by atoms with van der Waals surface area (Å²) in [6.07, 6.45) is 1.57. The number of halogens is 1. The minimum absolute atomic E-state index is 0.243. The Morgan fingerprint density at radius 3 is 2.81 bits per heavy atom. The first-order valence-electron chi connectivity index (χ1n) is 6.61. The summed E-state index contributed by atoms with van der Waals surface area (Å²) in [6.45, 7) is 2.58. The lowest BCUT2D eigenvalue weighted by molar-refractivity contribution is 0.0938. The van der Waals surface area contributed by atoms with Crippen LogP contribution in [0.25, 0.3) is 5.69 Å². The number of nitrogens with zero attached hydrogens (tertiary/aromatic N) is 4. The van der Waals surface area contributed by atoms with E-state index in [2.05, 4.69) is 15.6 Å². The van der Waals surface area contributed by atoms with E-state index in [1.165, 1.54) is 4.68 Å². The van der Waals surface area contributed by atoms with Crippen LogP contribution in [0.4, 0.5) is 0 Å². The molecule has 1 aromatic heterocycles. The molecule has 1 amide bonds. The van der Waals surface area contributed by atoms with Crippen LogP contribution in [-0.4, -0.2) is 52.5 Å². The van der Waals surface area contributed by atoms with Crippen LogP contribution in [0.1, 0.15) is 17.4 Å². The van der Waals surface area contributed by atoms with Crippen molar-refractivity contribution in [3.63, 3.8) is 0 Å². The van der Waals surface area contributed by atoms with Crippen molar-refractivity contribution in [1.29, 1.82) is 0 Å². The highest BCUT2D eigenvalue weighted by molar-refractivity contribution is 6.32. The Morgan fingerprint density at radius 1 is 1.43 bits per heavy atom. The standard InChI is InChI=1S/C14H18ClN5O/c1-10(19(2)3)8-16-14(21)12-9-20(18-17-12)13-7-5-4-6-11(13)15/h4-7,9-10H,8H2,1-3H3,(H,16,21). The van der Waals surface area contributed by atoms with E-state index in [4.69, 9.17) is 11.6 Å². The maximum Gasteiger partial charge on any atom is 0.273 e. The lowest BCUT2D eigenvalue weighted by Crippen LogP contribution is -2.38. The molecule has 0 saturated heterocycles. The van der Waals surface area contributed by atoms with Gasteiger partial charge in [0, 0.05) is 12.6 Å². The van der Waals surface area contributed by atoms with Crippen molar-refractivity contribution in [2.75, 3.05) is 20.6 Å². The van der Waals surface area contributed by atoms with Gasteiger partial charge in [-0.15, -0.1) is 5.10 Å². The number of aromatic nitrogens is 3. The predicted octanol–water partition coefficient (Wildman–Crippen LogP) is 1.60. The minimum atomic E-state index is -0.248.